The summed E-state index contributed by atoms with van der Waals surface area (Å²) in [6.07, 6.45) is 3.28. The molecule has 0 aliphatic rings. The zero-order valence-electron chi connectivity index (χ0n) is 13.9. The van der Waals surface area contributed by atoms with E-state index in [0.717, 1.165) is 5.56 Å². The first-order valence-electron chi connectivity index (χ1n) is 7.77. The van der Waals surface area contributed by atoms with Gasteiger partial charge in [0.2, 0.25) is 0 Å². The molecule has 0 saturated carbocycles. The van der Waals surface area contributed by atoms with Crippen LogP contribution in [0.1, 0.15) is 15.9 Å². The minimum absolute atomic E-state index is 0.0608. The van der Waals surface area contributed by atoms with Crippen molar-refractivity contribution in [2.24, 2.45) is 0 Å². The van der Waals surface area contributed by atoms with Gasteiger partial charge < -0.3 is 10.1 Å². The van der Waals surface area contributed by atoms with Crippen LogP contribution < -0.4 is 10.1 Å². The second kappa shape index (κ2) is 7.43. The summed E-state index contributed by atoms with van der Waals surface area (Å²) in [6.45, 7) is 1.87. The van der Waals surface area contributed by atoms with Crippen molar-refractivity contribution in [2.75, 3.05) is 5.32 Å². The molecule has 2 aromatic carbocycles. The van der Waals surface area contributed by atoms with E-state index in [1.165, 1.54) is 24.3 Å². The average Bonchev–Trinajstić information content (AvgIpc) is 2.65. The van der Waals surface area contributed by atoms with Gasteiger partial charge in [-0.25, -0.2) is 0 Å². The molecule has 0 saturated heterocycles. The molecule has 3 rings (SSSR count). The Bertz CT molecular complexity index is 941. The van der Waals surface area contributed by atoms with Gasteiger partial charge >= 0.3 is 0 Å². The number of carbonyl (C=O) groups excluding carboxylic acids is 1. The largest absolute Gasteiger partial charge is 0.455 e. The van der Waals surface area contributed by atoms with Crippen molar-refractivity contribution in [3.05, 3.63) is 88.2 Å². The third kappa shape index (κ3) is 4.02. The van der Waals surface area contributed by atoms with Crippen molar-refractivity contribution in [1.82, 2.24) is 4.98 Å². The van der Waals surface area contributed by atoms with Crippen LogP contribution in [0.15, 0.2) is 67.0 Å². The van der Waals surface area contributed by atoms with Gasteiger partial charge in [0.1, 0.15) is 11.5 Å². The van der Waals surface area contributed by atoms with Gasteiger partial charge in [0.15, 0.2) is 0 Å². The first-order valence-corrected chi connectivity index (χ1v) is 7.77. The Morgan fingerprint density at radius 1 is 1.15 bits per heavy atom. The molecule has 7 nitrogen and oxygen atoms in total. The zero-order chi connectivity index (χ0) is 18.5. The third-order valence-electron chi connectivity index (χ3n) is 3.64. The number of benzene rings is 2. The molecule has 1 amide bonds. The van der Waals surface area contributed by atoms with E-state index in [9.17, 15) is 14.9 Å². The minimum Gasteiger partial charge on any atom is -0.455 e. The molecule has 0 atom stereocenters. The normalized spacial score (nSPS) is 10.2. The molecule has 130 valence electrons. The van der Waals surface area contributed by atoms with E-state index in [1.54, 1.807) is 42.7 Å². The van der Waals surface area contributed by atoms with Crippen molar-refractivity contribution in [2.45, 2.75) is 6.92 Å². The summed E-state index contributed by atoms with van der Waals surface area (Å²) in [5.41, 5.74) is 1.72. The fourth-order valence-corrected chi connectivity index (χ4v) is 2.31. The molecular formula is C19H15N3O4. The van der Waals surface area contributed by atoms with Crippen LogP contribution in [0, 0.1) is 17.0 Å². The number of pyridine rings is 1. The van der Waals surface area contributed by atoms with E-state index in [4.69, 9.17) is 4.74 Å². The number of anilines is 1. The number of hydrogen-bond donors (Lipinski definition) is 1. The molecule has 0 unspecified atom stereocenters. The molecule has 0 radical (unpaired) electrons. The smallest absolute Gasteiger partial charge is 0.269 e. The summed E-state index contributed by atoms with van der Waals surface area (Å²) in [4.78, 5) is 26.4. The predicted octanol–water partition coefficient (Wildman–Crippen LogP) is 4.34. The van der Waals surface area contributed by atoms with Crippen molar-refractivity contribution >= 4 is 17.3 Å². The van der Waals surface area contributed by atoms with Gasteiger partial charge in [-0.3, -0.25) is 19.9 Å². The molecule has 0 fully saturated rings. The molecular weight excluding hydrogens is 334 g/mol. The lowest BCUT2D eigenvalue weighted by Gasteiger charge is -2.11. The van der Waals surface area contributed by atoms with Gasteiger partial charge in [-0.2, -0.15) is 0 Å². The Balaban J connectivity index is 1.71. The first-order chi connectivity index (χ1) is 12.5. The second-order valence-electron chi connectivity index (χ2n) is 5.53. The molecule has 0 aliphatic heterocycles. The number of nitrogens with zero attached hydrogens (tertiary/aromatic N) is 2. The highest BCUT2D eigenvalue weighted by Crippen LogP contribution is 2.27. The standard InChI is InChI=1S/C19H15N3O4/c1-13-11-15(6-9-18(13)26-17-3-2-10-20-12-17)21-19(23)14-4-7-16(8-5-14)22(24)25/h2-12H,1H3,(H,21,23). The fraction of sp³-hybridized carbons (Fsp3) is 0.0526. The second-order valence-corrected chi connectivity index (χ2v) is 5.53. The van der Waals surface area contributed by atoms with Gasteiger partial charge in [-0.05, 0) is 55.0 Å². The zero-order valence-corrected chi connectivity index (χ0v) is 13.9. The third-order valence-corrected chi connectivity index (χ3v) is 3.64. The number of ether oxygens (including phenoxy) is 1. The Hall–Kier alpha value is -3.74. The highest BCUT2D eigenvalue weighted by Gasteiger charge is 2.11. The molecule has 0 bridgehead atoms. The van der Waals surface area contributed by atoms with Crippen molar-refractivity contribution in [3.8, 4) is 11.5 Å². The number of amides is 1. The quantitative estimate of drug-likeness (QED) is 0.546. The van der Waals surface area contributed by atoms with Crippen LogP contribution in [0.4, 0.5) is 11.4 Å². The van der Waals surface area contributed by atoms with Crippen molar-refractivity contribution in [3.63, 3.8) is 0 Å². The van der Waals surface area contributed by atoms with E-state index in [1.807, 2.05) is 6.92 Å². The van der Waals surface area contributed by atoms with Gasteiger partial charge in [0.05, 0.1) is 11.1 Å². The van der Waals surface area contributed by atoms with E-state index >= 15 is 0 Å². The molecule has 7 heteroatoms. The SMILES string of the molecule is Cc1cc(NC(=O)c2ccc([N+](=O)[O-])cc2)ccc1Oc1cccnc1. The summed E-state index contributed by atoms with van der Waals surface area (Å²) in [5.74, 6) is 0.935. The maximum atomic E-state index is 12.3. The van der Waals surface area contributed by atoms with Gasteiger partial charge in [-0.15, -0.1) is 0 Å². The van der Waals surface area contributed by atoms with E-state index < -0.39 is 4.92 Å². The van der Waals surface area contributed by atoms with E-state index in [-0.39, 0.29) is 11.6 Å². The lowest BCUT2D eigenvalue weighted by atomic mass is 10.1. The van der Waals surface area contributed by atoms with Crippen LogP contribution in [-0.4, -0.2) is 15.8 Å². The molecule has 3 aromatic rings. The fourth-order valence-electron chi connectivity index (χ4n) is 2.31. The first kappa shape index (κ1) is 17.1. The lowest BCUT2D eigenvalue weighted by Crippen LogP contribution is -2.12. The number of non-ortho nitro benzene ring substituents is 1. The number of hydrogen-bond acceptors (Lipinski definition) is 5. The topological polar surface area (TPSA) is 94.4 Å². The van der Waals surface area contributed by atoms with E-state index in [0.29, 0.717) is 22.7 Å². The summed E-state index contributed by atoms with van der Waals surface area (Å²) in [6, 6.07) is 14.3. The Kier molecular flexibility index (Phi) is 4.89. The van der Waals surface area contributed by atoms with Crippen LogP contribution in [0.3, 0.4) is 0 Å². The van der Waals surface area contributed by atoms with Gasteiger partial charge in [0, 0.05) is 29.6 Å². The molecule has 1 N–H and O–H groups in total. The van der Waals surface area contributed by atoms with Crippen LogP contribution in [0.25, 0.3) is 0 Å². The molecule has 0 spiro atoms. The van der Waals surface area contributed by atoms with Crippen LogP contribution in [0.5, 0.6) is 11.5 Å². The monoisotopic (exact) mass is 349 g/mol. The highest BCUT2D eigenvalue weighted by molar-refractivity contribution is 6.04. The summed E-state index contributed by atoms with van der Waals surface area (Å²) < 4.78 is 5.75. The predicted molar refractivity (Wildman–Crippen MR) is 96.5 cm³/mol. The number of carbonyl (C=O) groups is 1. The Morgan fingerprint density at radius 2 is 1.92 bits per heavy atom. The van der Waals surface area contributed by atoms with Crippen LogP contribution >= 0.6 is 0 Å². The maximum absolute atomic E-state index is 12.3. The molecule has 1 heterocycles. The van der Waals surface area contributed by atoms with Gasteiger partial charge in [-0.1, -0.05) is 0 Å². The van der Waals surface area contributed by atoms with Gasteiger partial charge in [0.25, 0.3) is 11.6 Å². The lowest BCUT2D eigenvalue weighted by molar-refractivity contribution is -0.384. The van der Waals surface area contributed by atoms with Crippen molar-refractivity contribution in [1.29, 1.82) is 0 Å². The number of nitrogens with one attached hydrogen (secondary N) is 1. The highest BCUT2D eigenvalue weighted by atomic mass is 16.6. The average molecular weight is 349 g/mol. The number of aromatic nitrogens is 1. The Morgan fingerprint density at radius 3 is 2.54 bits per heavy atom. The van der Waals surface area contributed by atoms with Crippen molar-refractivity contribution < 1.29 is 14.5 Å². The Labute approximate surface area is 149 Å². The van der Waals surface area contributed by atoms with Crippen LogP contribution in [0.2, 0.25) is 0 Å². The summed E-state index contributed by atoms with van der Waals surface area (Å²) >= 11 is 0. The maximum Gasteiger partial charge on any atom is 0.269 e. The summed E-state index contributed by atoms with van der Waals surface area (Å²) in [7, 11) is 0. The minimum atomic E-state index is -0.508. The number of aryl methyl sites for hydroxylation is 1. The number of nitro groups is 1. The number of rotatable bonds is 5. The molecule has 0 aliphatic carbocycles. The molecule has 1 aromatic heterocycles. The van der Waals surface area contributed by atoms with Crippen LogP contribution in [-0.2, 0) is 0 Å². The number of nitro benzene ring substituents is 1. The van der Waals surface area contributed by atoms with E-state index in [2.05, 4.69) is 10.3 Å². The summed E-state index contributed by atoms with van der Waals surface area (Å²) in [5, 5.41) is 13.4. The molecule has 26 heavy (non-hydrogen) atoms.